The van der Waals surface area contributed by atoms with E-state index in [0.717, 1.165) is 43.1 Å². The highest BCUT2D eigenvalue weighted by Gasteiger charge is 2.18. The first-order valence-electron chi connectivity index (χ1n) is 10.4. The molecule has 3 rings (SSSR count). The molecule has 2 aromatic rings. The number of methoxy groups -OCH3 is 2. The summed E-state index contributed by atoms with van der Waals surface area (Å²) in [7, 11) is 3.22. The largest absolute Gasteiger partial charge is 0.497 e. The Morgan fingerprint density at radius 3 is 2.52 bits per heavy atom. The van der Waals surface area contributed by atoms with Crippen molar-refractivity contribution in [2.24, 2.45) is 0 Å². The lowest BCUT2D eigenvalue weighted by Gasteiger charge is -2.23. The lowest BCUT2D eigenvalue weighted by Crippen LogP contribution is -2.34. The van der Waals surface area contributed by atoms with Gasteiger partial charge >= 0.3 is 0 Å². The van der Waals surface area contributed by atoms with Crippen LogP contribution in [0, 0.1) is 0 Å². The number of anilines is 1. The molecule has 0 bridgehead atoms. The molecular weight excluding hydrogens is 416 g/mol. The average Bonchev–Trinajstić information content (AvgIpc) is 3.04. The van der Waals surface area contributed by atoms with E-state index in [2.05, 4.69) is 17.0 Å². The molecule has 2 aromatic carbocycles. The SMILES string of the molecule is CCOc1cc(/C=C/C(=O)N2CCCN(c3ccc(OC)cc3)CC2)cc(Cl)c1OC. The van der Waals surface area contributed by atoms with Crippen LogP contribution in [0.15, 0.2) is 42.5 Å². The van der Waals surface area contributed by atoms with Gasteiger partial charge in [-0.1, -0.05) is 11.6 Å². The van der Waals surface area contributed by atoms with Crippen LogP contribution in [0.5, 0.6) is 17.2 Å². The van der Waals surface area contributed by atoms with E-state index in [1.54, 1.807) is 32.4 Å². The summed E-state index contributed by atoms with van der Waals surface area (Å²) >= 11 is 6.30. The second-order valence-corrected chi connectivity index (χ2v) is 7.57. The Bertz CT molecular complexity index is 915. The van der Waals surface area contributed by atoms with Crippen molar-refractivity contribution in [3.05, 3.63) is 53.1 Å². The van der Waals surface area contributed by atoms with Crippen LogP contribution in [0.2, 0.25) is 5.02 Å². The molecule has 0 saturated carbocycles. The second kappa shape index (κ2) is 11.0. The zero-order valence-electron chi connectivity index (χ0n) is 18.3. The minimum Gasteiger partial charge on any atom is -0.497 e. The molecule has 0 spiro atoms. The summed E-state index contributed by atoms with van der Waals surface area (Å²) in [6.07, 6.45) is 4.27. The van der Waals surface area contributed by atoms with Crippen LogP contribution in [0.4, 0.5) is 5.69 Å². The van der Waals surface area contributed by atoms with Crippen molar-refractivity contribution in [1.29, 1.82) is 0 Å². The molecule has 31 heavy (non-hydrogen) atoms. The van der Waals surface area contributed by atoms with Crippen LogP contribution in [0.25, 0.3) is 6.08 Å². The molecule has 1 aliphatic heterocycles. The maximum atomic E-state index is 12.8. The van der Waals surface area contributed by atoms with Crippen LogP contribution in [0.3, 0.4) is 0 Å². The molecule has 0 atom stereocenters. The van der Waals surface area contributed by atoms with E-state index < -0.39 is 0 Å². The van der Waals surface area contributed by atoms with Gasteiger partial charge in [0.05, 0.1) is 25.8 Å². The van der Waals surface area contributed by atoms with E-state index in [-0.39, 0.29) is 5.91 Å². The third kappa shape index (κ3) is 5.85. The number of hydrogen-bond donors (Lipinski definition) is 0. The van der Waals surface area contributed by atoms with E-state index in [4.69, 9.17) is 25.8 Å². The number of halogens is 1. The molecule has 1 amide bonds. The third-order valence-corrected chi connectivity index (χ3v) is 5.48. The van der Waals surface area contributed by atoms with Crippen molar-refractivity contribution in [3.8, 4) is 17.2 Å². The summed E-state index contributed by atoms with van der Waals surface area (Å²) in [6.45, 7) is 5.48. The Hall–Kier alpha value is -2.86. The van der Waals surface area contributed by atoms with Crippen molar-refractivity contribution in [1.82, 2.24) is 4.90 Å². The van der Waals surface area contributed by atoms with Gasteiger partial charge in [0.25, 0.3) is 0 Å². The van der Waals surface area contributed by atoms with E-state index in [0.29, 0.717) is 29.7 Å². The molecule has 0 N–H and O–H groups in total. The Morgan fingerprint density at radius 2 is 1.84 bits per heavy atom. The van der Waals surface area contributed by atoms with Crippen LogP contribution < -0.4 is 19.1 Å². The van der Waals surface area contributed by atoms with Crippen LogP contribution in [-0.2, 0) is 4.79 Å². The smallest absolute Gasteiger partial charge is 0.246 e. The molecule has 166 valence electrons. The Balaban J connectivity index is 1.64. The van der Waals surface area contributed by atoms with Gasteiger partial charge in [-0.05, 0) is 61.4 Å². The van der Waals surface area contributed by atoms with Gasteiger partial charge in [-0.2, -0.15) is 0 Å². The molecule has 1 saturated heterocycles. The van der Waals surface area contributed by atoms with Gasteiger partial charge in [0, 0.05) is 37.9 Å². The molecule has 1 fully saturated rings. The Morgan fingerprint density at radius 1 is 1.06 bits per heavy atom. The summed E-state index contributed by atoms with van der Waals surface area (Å²) in [4.78, 5) is 17.0. The lowest BCUT2D eigenvalue weighted by molar-refractivity contribution is -0.125. The summed E-state index contributed by atoms with van der Waals surface area (Å²) in [6, 6.07) is 11.6. The number of carbonyl (C=O) groups excluding carboxylic acids is 1. The van der Waals surface area contributed by atoms with Gasteiger partial charge < -0.3 is 24.0 Å². The van der Waals surface area contributed by atoms with Gasteiger partial charge in [0.2, 0.25) is 5.91 Å². The van der Waals surface area contributed by atoms with E-state index in [9.17, 15) is 4.79 Å². The lowest BCUT2D eigenvalue weighted by atomic mass is 10.1. The third-order valence-electron chi connectivity index (χ3n) is 5.20. The number of hydrogen-bond acceptors (Lipinski definition) is 5. The number of nitrogens with zero attached hydrogens (tertiary/aromatic N) is 2. The predicted molar refractivity (Wildman–Crippen MR) is 125 cm³/mol. The summed E-state index contributed by atoms with van der Waals surface area (Å²) < 4.78 is 16.1. The maximum absolute atomic E-state index is 12.8. The highest BCUT2D eigenvalue weighted by Crippen LogP contribution is 2.36. The van der Waals surface area contributed by atoms with E-state index >= 15 is 0 Å². The van der Waals surface area contributed by atoms with Crippen molar-refractivity contribution in [3.63, 3.8) is 0 Å². The Kier molecular flexibility index (Phi) is 8.06. The molecule has 7 heteroatoms. The molecule has 0 unspecified atom stereocenters. The van der Waals surface area contributed by atoms with Gasteiger partial charge in [-0.15, -0.1) is 0 Å². The average molecular weight is 445 g/mol. The molecule has 1 heterocycles. The highest BCUT2D eigenvalue weighted by atomic mass is 35.5. The second-order valence-electron chi connectivity index (χ2n) is 7.16. The number of rotatable bonds is 7. The molecule has 1 aliphatic rings. The fourth-order valence-corrected chi connectivity index (χ4v) is 3.90. The van der Waals surface area contributed by atoms with Crippen molar-refractivity contribution >= 4 is 29.3 Å². The van der Waals surface area contributed by atoms with Crippen LogP contribution in [0.1, 0.15) is 18.9 Å². The molecular formula is C24H29ClN2O4. The normalized spacial score (nSPS) is 14.5. The number of ether oxygens (including phenoxy) is 3. The quantitative estimate of drug-likeness (QED) is 0.588. The molecule has 0 aliphatic carbocycles. The monoisotopic (exact) mass is 444 g/mol. The first-order valence-corrected chi connectivity index (χ1v) is 10.8. The van der Waals surface area contributed by atoms with Crippen LogP contribution in [-0.4, -0.2) is 57.8 Å². The van der Waals surface area contributed by atoms with Gasteiger partial charge in [-0.25, -0.2) is 0 Å². The molecule has 0 radical (unpaired) electrons. The molecule has 0 aromatic heterocycles. The van der Waals surface area contributed by atoms with E-state index in [1.165, 1.54) is 0 Å². The fraction of sp³-hybridized carbons (Fsp3) is 0.375. The number of carbonyl (C=O) groups is 1. The molecule has 6 nitrogen and oxygen atoms in total. The van der Waals surface area contributed by atoms with Crippen LogP contribution >= 0.6 is 11.6 Å². The van der Waals surface area contributed by atoms with Crippen molar-refractivity contribution < 1.29 is 19.0 Å². The van der Waals surface area contributed by atoms with Crippen molar-refractivity contribution in [2.45, 2.75) is 13.3 Å². The fourth-order valence-electron chi connectivity index (χ4n) is 3.61. The summed E-state index contributed by atoms with van der Waals surface area (Å²) in [5, 5.41) is 0.449. The maximum Gasteiger partial charge on any atom is 0.246 e. The van der Waals surface area contributed by atoms with Gasteiger partial charge in [0.1, 0.15) is 5.75 Å². The van der Waals surface area contributed by atoms with E-state index in [1.807, 2.05) is 30.0 Å². The standard InChI is InChI=1S/C24H29ClN2O4/c1-4-31-22-17-18(16-21(25)24(22)30-3)6-11-23(28)27-13-5-12-26(14-15-27)19-7-9-20(29-2)10-8-19/h6-11,16-17H,4-5,12-15H2,1-3H3/b11-6+. The predicted octanol–water partition coefficient (Wildman–Crippen LogP) is 4.51. The number of benzene rings is 2. The highest BCUT2D eigenvalue weighted by molar-refractivity contribution is 6.32. The Labute approximate surface area is 188 Å². The first kappa shape index (κ1) is 22.8. The van der Waals surface area contributed by atoms with Crippen molar-refractivity contribution in [2.75, 3.05) is 51.9 Å². The zero-order valence-corrected chi connectivity index (χ0v) is 19.0. The first-order chi connectivity index (χ1) is 15.0. The minimum atomic E-state index is -0.0125. The van der Waals surface area contributed by atoms with Gasteiger partial charge in [-0.3, -0.25) is 4.79 Å². The van der Waals surface area contributed by atoms with Gasteiger partial charge in [0.15, 0.2) is 11.5 Å². The summed E-state index contributed by atoms with van der Waals surface area (Å²) in [5.41, 5.74) is 1.93. The minimum absolute atomic E-state index is 0.0125. The topological polar surface area (TPSA) is 51.2 Å². The summed E-state index contributed by atoms with van der Waals surface area (Å²) in [5.74, 6) is 1.89. The zero-order chi connectivity index (χ0) is 22.2. The number of amides is 1.